The zero-order chi connectivity index (χ0) is 13.7. The molecule has 104 valence electrons. The molecule has 0 bridgehead atoms. The van der Waals surface area contributed by atoms with Gasteiger partial charge in [0.25, 0.3) is 5.91 Å². The van der Waals surface area contributed by atoms with Gasteiger partial charge < -0.3 is 9.64 Å². The molecule has 0 aromatic heterocycles. The second-order valence-electron chi connectivity index (χ2n) is 4.56. The van der Waals surface area contributed by atoms with Crippen molar-refractivity contribution in [1.82, 2.24) is 4.90 Å². The van der Waals surface area contributed by atoms with Crippen LogP contribution in [-0.2, 0) is 4.74 Å². The van der Waals surface area contributed by atoms with Crippen molar-refractivity contribution in [3.8, 4) is 0 Å². The standard InChI is InChI=1S/C14H17Cl2NO2/c15-6-9-19-13-4-7-17(8-5-13)14(18)11-2-1-3-12(16)10-11/h1-3,10,13H,4-9H2. The summed E-state index contributed by atoms with van der Waals surface area (Å²) in [5, 5.41) is 0.589. The first-order valence-electron chi connectivity index (χ1n) is 6.43. The maximum absolute atomic E-state index is 12.3. The zero-order valence-electron chi connectivity index (χ0n) is 10.6. The first-order chi connectivity index (χ1) is 9.20. The Morgan fingerprint density at radius 3 is 2.74 bits per heavy atom. The first kappa shape index (κ1) is 14.6. The van der Waals surface area contributed by atoms with E-state index in [1.807, 2.05) is 4.90 Å². The third-order valence-electron chi connectivity index (χ3n) is 3.23. The van der Waals surface area contributed by atoms with Gasteiger partial charge in [-0.3, -0.25) is 4.79 Å². The molecule has 3 nitrogen and oxygen atoms in total. The lowest BCUT2D eigenvalue weighted by Gasteiger charge is -2.32. The Morgan fingerprint density at radius 1 is 1.37 bits per heavy atom. The minimum atomic E-state index is 0.0401. The van der Waals surface area contributed by atoms with Crippen molar-refractivity contribution in [2.45, 2.75) is 18.9 Å². The number of hydrogen-bond donors (Lipinski definition) is 0. The van der Waals surface area contributed by atoms with E-state index in [0.717, 1.165) is 25.9 Å². The van der Waals surface area contributed by atoms with Crippen LogP contribution >= 0.6 is 23.2 Å². The second kappa shape index (κ2) is 7.13. The van der Waals surface area contributed by atoms with Crippen molar-refractivity contribution in [2.24, 2.45) is 0 Å². The molecule has 5 heteroatoms. The number of rotatable bonds is 4. The van der Waals surface area contributed by atoms with Crippen LogP contribution in [0.1, 0.15) is 23.2 Å². The Balaban J connectivity index is 1.89. The van der Waals surface area contributed by atoms with Gasteiger partial charge in [0.15, 0.2) is 0 Å². The van der Waals surface area contributed by atoms with E-state index in [9.17, 15) is 4.79 Å². The zero-order valence-corrected chi connectivity index (χ0v) is 12.2. The highest BCUT2D eigenvalue weighted by molar-refractivity contribution is 6.30. The molecule has 0 atom stereocenters. The largest absolute Gasteiger partial charge is 0.377 e. The molecule has 0 unspecified atom stereocenters. The van der Waals surface area contributed by atoms with Gasteiger partial charge in [0, 0.05) is 29.6 Å². The fourth-order valence-corrected chi connectivity index (χ4v) is 2.52. The van der Waals surface area contributed by atoms with E-state index in [2.05, 4.69) is 0 Å². The Kier molecular flexibility index (Phi) is 5.49. The van der Waals surface area contributed by atoms with Gasteiger partial charge in [0.2, 0.25) is 0 Å². The molecule has 1 fully saturated rings. The number of carbonyl (C=O) groups is 1. The van der Waals surface area contributed by atoms with Crippen molar-refractivity contribution < 1.29 is 9.53 Å². The molecule has 0 aliphatic carbocycles. The number of piperidine rings is 1. The number of alkyl halides is 1. The summed E-state index contributed by atoms with van der Waals surface area (Å²) in [7, 11) is 0. The molecule has 1 aromatic carbocycles. The molecule has 1 heterocycles. The van der Waals surface area contributed by atoms with E-state index in [1.165, 1.54) is 0 Å². The molecular formula is C14H17Cl2NO2. The number of nitrogens with zero attached hydrogens (tertiary/aromatic N) is 1. The van der Waals surface area contributed by atoms with Crippen LogP contribution < -0.4 is 0 Å². The van der Waals surface area contributed by atoms with Gasteiger partial charge in [0.05, 0.1) is 12.7 Å². The molecule has 19 heavy (non-hydrogen) atoms. The summed E-state index contributed by atoms with van der Waals surface area (Å²) in [6.45, 7) is 2.02. The van der Waals surface area contributed by atoms with Crippen molar-refractivity contribution in [3.63, 3.8) is 0 Å². The van der Waals surface area contributed by atoms with Crippen LogP contribution in [0.15, 0.2) is 24.3 Å². The van der Waals surface area contributed by atoms with E-state index < -0.39 is 0 Å². The van der Waals surface area contributed by atoms with Crippen LogP contribution in [0.3, 0.4) is 0 Å². The summed E-state index contributed by atoms with van der Waals surface area (Å²) < 4.78 is 5.59. The quantitative estimate of drug-likeness (QED) is 0.799. The van der Waals surface area contributed by atoms with Gasteiger partial charge in [0.1, 0.15) is 0 Å². The average Bonchev–Trinajstić information content (AvgIpc) is 2.45. The summed E-state index contributed by atoms with van der Waals surface area (Å²) >= 11 is 11.5. The van der Waals surface area contributed by atoms with Crippen LogP contribution in [-0.4, -0.2) is 42.5 Å². The van der Waals surface area contributed by atoms with Gasteiger partial charge in [-0.2, -0.15) is 0 Å². The van der Waals surface area contributed by atoms with Gasteiger partial charge in [-0.25, -0.2) is 0 Å². The Bertz CT molecular complexity index is 431. The lowest BCUT2D eigenvalue weighted by Crippen LogP contribution is -2.41. The summed E-state index contributed by atoms with van der Waals surface area (Å²) in [6, 6.07) is 7.07. The van der Waals surface area contributed by atoms with Gasteiger partial charge in [-0.15, -0.1) is 11.6 Å². The van der Waals surface area contributed by atoms with Crippen LogP contribution in [0.5, 0.6) is 0 Å². The summed E-state index contributed by atoms with van der Waals surface area (Å²) in [5.74, 6) is 0.556. The smallest absolute Gasteiger partial charge is 0.253 e. The van der Waals surface area contributed by atoms with E-state index >= 15 is 0 Å². The normalized spacial score (nSPS) is 16.6. The van der Waals surface area contributed by atoms with Crippen LogP contribution in [0.25, 0.3) is 0 Å². The van der Waals surface area contributed by atoms with E-state index in [0.29, 0.717) is 23.1 Å². The van der Waals surface area contributed by atoms with Crippen molar-refractivity contribution in [1.29, 1.82) is 0 Å². The SMILES string of the molecule is O=C(c1cccc(Cl)c1)N1CCC(OCCCl)CC1. The minimum absolute atomic E-state index is 0.0401. The Morgan fingerprint density at radius 2 is 2.11 bits per heavy atom. The molecule has 0 saturated carbocycles. The van der Waals surface area contributed by atoms with Crippen molar-refractivity contribution in [2.75, 3.05) is 25.6 Å². The summed E-state index contributed by atoms with van der Waals surface area (Å²) in [5.41, 5.74) is 0.646. The average molecular weight is 302 g/mol. The number of ether oxygens (including phenoxy) is 1. The fourth-order valence-electron chi connectivity index (χ4n) is 2.24. The Labute approximate surface area is 123 Å². The number of halogens is 2. The van der Waals surface area contributed by atoms with Crippen LogP contribution in [0.4, 0.5) is 0 Å². The Hall–Kier alpha value is -0.770. The van der Waals surface area contributed by atoms with Crippen molar-refractivity contribution >= 4 is 29.1 Å². The number of benzene rings is 1. The third-order valence-corrected chi connectivity index (χ3v) is 3.62. The van der Waals surface area contributed by atoms with Crippen LogP contribution in [0, 0.1) is 0 Å². The molecule has 0 radical (unpaired) electrons. The maximum Gasteiger partial charge on any atom is 0.253 e. The lowest BCUT2D eigenvalue weighted by molar-refractivity contribution is 0.0154. The first-order valence-corrected chi connectivity index (χ1v) is 7.34. The number of amides is 1. The molecule has 1 aliphatic rings. The highest BCUT2D eigenvalue weighted by Gasteiger charge is 2.23. The number of carbonyl (C=O) groups excluding carboxylic acids is 1. The fraction of sp³-hybridized carbons (Fsp3) is 0.500. The summed E-state index contributed by atoms with van der Waals surface area (Å²) in [4.78, 5) is 14.1. The predicted octanol–water partition coefficient (Wildman–Crippen LogP) is 3.20. The minimum Gasteiger partial charge on any atom is -0.377 e. The predicted molar refractivity (Wildman–Crippen MR) is 77.0 cm³/mol. The molecule has 0 N–H and O–H groups in total. The number of hydrogen-bond acceptors (Lipinski definition) is 2. The van der Waals surface area contributed by atoms with E-state index in [4.69, 9.17) is 27.9 Å². The van der Waals surface area contributed by atoms with Gasteiger partial charge in [-0.05, 0) is 31.0 Å². The third kappa shape index (κ3) is 4.10. The van der Waals surface area contributed by atoms with Gasteiger partial charge in [-0.1, -0.05) is 17.7 Å². The highest BCUT2D eigenvalue weighted by atomic mass is 35.5. The molecule has 1 saturated heterocycles. The molecule has 1 aliphatic heterocycles. The molecular weight excluding hydrogens is 285 g/mol. The molecule has 1 amide bonds. The number of likely N-dealkylation sites (tertiary alicyclic amines) is 1. The molecule has 0 spiro atoms. The van der Waals surface area contributed by atoms with Crippen molar-refractivity contribution in [3.05, 3.63) is 34.9 Å². The highest BCUT2D eigenvalue weighted by Crippen LogP contribution is 2.18. The summed E-state index contributed by atoms with van der Waals surface area (Å²) in [6.07, 6.45) is 1.95. The molecule has 2 rings (SSSR count). The van der Waals surface area contributed by atoms with E-state index in [1.54, 1.807) is 24.3 Å². The molecule has 1 aromatic rings. The topological polar surface area (TPSA) is 29.5 Å². The second-order valence-corrected chi connectivity index (χ2v) is 5.38. The van der Waals surface area contributed by atoms with Gasteiger partial charge >= 0.3 is 0 Å². The van der Waals surface area contributed by atoms with E-state index in [-0.39, 0.29) is 12.0 Å². The lowest BCUT2D eigenvalue weighted by atomic mass is 10.1. The maximum atomic E-state index is 12.3. The monoisotopic (exact) mass is 301 g/mol. The van der Waals surface area contributed by atoms with Crippen LogP contribution in [0.2, 0.25) is 5.02 Å².